The first-order valence-electron chi connectivity index (χ1n) is 21.0. The number of rotatable bonds is 20. The normalized spacial score (nSPS) is 10.4. The average Bonchev–Trinajstić information content (AvgIpc) is 3.35. The summed E-state index contributed by atoms with van der Waals surface area (Å²) in [4.78, 5) is 64.5. The van der Waals surface area contributed by atoms with Gasteiger partial charge in [-0.05, 0) is 110 Å². The van der Waals surface area contributed by atoms with Crippen molar-refractivity contribution in [2.75, 3.05) is 47.0 Å². The second-order valence-electron chi connectivity index (χ2n) is 14.2. The van der Waals surface area contributed by atoms with E-state index in [0.717, 1.165) is 12.8 Å². The Morgan fingerprint density at radius 3 is 1.16 bits per heavy atom. The van der Waals surface area contributed by atoms with Gasteiger partial charge in [0.15, 0.2) is 23.0 Å². The number of carbonyl (C=O) groups is 5. The molecule has 0 aliphatic carbocycles. The maximum Gasteiger partial charge on any atom is 0.519 e. The van der Waals surface area contributed by atoms with Gasteiger partial charge in [0.2, 0.25) is 0 Å². The number of amides is 1. The number of anilines is 1. The molecule has 17 heteroatoms. The van der Waals surface area contributed by atoms with Crippen LogP contribution in [-0.2, 0) is 0 Å². The molecule has 0 aliphatic heterocycles. The van der Waals surface area contributed by atoms with Crippen molar-refractivity contribution in [1.82, 2.24) is 0 Å². The highest BCUT2D eigenvalue weighted by Gasteiger charge is 2.22. The summed E-state index contributed by atoms with van der Waals surface area (Å²) in [7, 11) is 5.80. The zero-order valence-electron chi connectivity index (χ0n) is 37.9. The Balaban J connectivity index is 0.952. The molecule has 0 aromatic heterocycles. The van der Waals surface area contributed by atoms with Crippen LogP contribution >= 0.6 is 0 Å². The summed E-state index contributed by atoms with van der Waals surface area (Å²) in [5.41, 5.74) is 1.12. The van der Waals surface area contributed by atoms with Crippen molar-refractivity contribution in [3.05, 3.63) is 144 Å². The van der Waals surface area contributed by atoms with E-state index in [-0.39, 0.29) is 56.8 Å². The minimum absolute atomic E-state index is 0.0981. The summed E-state index contributed by atoms with van der Waals surface area (Å²) in [5.74, 6) is 0.253. The molecule has 0 bridgehead atoms. The van der Waals surface area contributed by atoms with Crippen LogP contribution in [0.2, 0.25) is 0 Å². The van der Waals surface area contributed by atoms with Gasteiger partial charge in [-0.1, -0.05) is 13.8 Å². The first kappa shape index (κ1) is 48.7. The molecule has 6 aromatic carbocycles. The molecule has 0 fully saturated rings. The molecule has 0 radical (unpaired) electrons. The molecule has 68 heavy (non-hydrogen) atoms. The molecule has 17 nitrogen and oxygen atoms in total. The van der Waals surface area contributed by atoms with Gasteiger partial charge in [-0.2, -0.15) is 0 Å². The van der Waals surface area contributed by atoms with E-state index in [4.69, 9.17) is 52.1 Å². The summed E-state index contributed by atoms with van der Waals surface area (Å²) in [6.45, 7) is 4.85. The molecule has 352 valence electrons. The number of benzene rings is 6. The van der Waals surface area contributed by atoms with Crippen molar-refractivity contribution >= 4 is 35.7 Å². The number of methoxy groups -OCH3 is 4. The number of hydrogen-bond acceptors (Lipinski definition) is 16. The third-order valence-corrected chi connectivity index (χ3v) is 9.51. The van der Waals surface area contributed by atoms with Gasteiger partial charge in [0.05, 0.1) is 58.3 Å². The highest BCUT2D eigenvalue weighted by atomic mass is 16.7. The fourth-order valence-corrected chi connectivity index (χ4v) is 6.13. The summed E-state index contributed by atoms with van der Waals surface area (Å²) in [5, 5.41) is 2.78. The van der Waals surface area contributed by atoms with Crippen LogP contribution in [0.15, 0.2) is 121 Å². The molecule has 0 atom stereocenters. The zero-order valence-corrected chi connectivity index (χ0v) is 37.9. The predicted molar refractivity (Wildman–Crippen MR) is 246 cm³/mol. The third-order valence-electron chi connectivity index (χ3n) is 9.51. The van der Waals surface area contributed by atoms with Crippen molar-refractivity contribution in [2.24, 2.45) is 0 Å². The highest BCUT2D eigenvalue weighted by molar-refractivity contribution is 6.07. The van der Waals surface area contributed by atoms with Gasteiger partial charge in [0.1, 0.15) is 45.8 Å². The van der Waals surface area contributed by atoms with Crippen molar-refractivity contribution in [2.45, 2.75) is 26.7 Å². The second kappa shape index (κ2) is 23.5. The van der Waals surface area contributed by atoms with Crippen molar-refractivity contribution in [3.8, 4) is 63.2 Å². The lowest BCUT2D eigenvalue weighted by atomic mass is 10.1. The summed E-state index contributed by atoms with van der Waals surface area (Å²) in [6.07, 6.45) is 0.506. The first-order valence-corrected chi connectivity index (χ1v) is 21.0. The smallest absolute Gasteiger partial charge is 0.496 e. The van der Waals surface area contributed by atoms with Crippen LogP contribution in [0.4, 0.5) is 10.5 Å². The minimum atomic E-state index is -1.06. The van der Waals surface area contributed by atoms with Gasteiger partial charge in [-0.15, -0.1) is 0 Å². The van der Waals surface area contributed by atoms with Crippen LogP contribution in [0, 0.1) is 0 Å². The van der Waals surface area contributed by atoms with E-state index < -0.39 is 30.0 Å². The Morgan fingerprint density at radius 2 is 0.750 bits per heavy atom. The van der Waals surface area contributed by atoms with E-state index in [9.17, 15) is 24.0 Å². The molecule has 0 spiro atoms. The summed E-state index contributed by atoms with van der Waals surface area (Å²) < 4.78 is 59.9. The Kier molecular flexibility index (Phi) is 16.8. The van der Waals surface area contributed by atoms with Crippen LogP contribution in [0.25, 0.3) is 0 Å². The zero-order chi connectivity index (χ0) is 48.6. The first-order chi connectivity index (χ1) is 32.9. The molecule has 0 saturated carbocycles. The van der Waals surface area contributed by atoms with Gasteiger partial charge in [0, 0.05) is 30.0 Å². The van der Waals surface area contributed by atoms with Gasteiger partial charge in [-0.3, -0.25) is 4.79 Å². The topological polar surface area (TPSA) is 199 Å². The maximum atomic E-state index is 13.2. The third kappa shape index (κ3) is 12.7. The maximum absolute atomic E-state index is 13.2. The Bertz CT molecular complexity index is 2530. The monoisotopic (exact) mass is 929 g/mol. The van der Waals surface area contributed by atoms with Crippen molar-refractivity contribution in [3.63, 3.8) is 0 Å². The van der Waals surface area contributed by atoms with E-state index in [1.165, 1.54) is 126 Å². The van der Waals surface area contributed by atoms with Gasteiger partial charge in [-0.25, -0.2) is 19.2 Å². The van der Waals surface area contributed by atoms with Gasteiger partial charge in [0.25, 0.3) is 5.91 Å². The van der Waals surface area contributed by atoms with E-state index in [0.29, 0.717) is 47.6 Å². The summed E-state index contributed by atoms with van der Waals surface area (Å²) >= 11 is 0. The number of esters is 3. The molecule has 1 amide bonds. The molecule has 0 unspecified atom stereocenters. The summed E-state index contributed by atoms with van der Waals surface area (Å²) in [6, 6.07) is 29.3. The second-order valence-corrected chi connectivity index (χ2v) is 14.2. The standard InChI is InChI=1S/C51H47NO16/c1-7-25-62-45-29-41(58-3)39(27-43(45)60-5)47(53)52-33-13-9-31(10-14-33)48(54)64-35-17-21-37(22-18-35)67-51(57)68-38-23-19-36(20-24-38)65-49(55)32-11-15-34(16-12-32)66-50(56)40-28-44(61-6)46(63-26-8-2)30-42(40)59-4/h9-24,27-30H,7-8,25-26H2,1-6H3,(H,52,53). The molecular formula is C51H47NO16. The van der Waals surface area contributed by atoms with Crippen LogP contribution in [0.1, 0.15) is 68.1 Å². The van der Waals surface area contributed by atoms with Crippen LogP contribution < -0.4 is 57.4 Å². The number of hydrogen-bond donors (Lipinski definition) is 1. The van der Waals surface area contributed by atoms with E-state index >= 15 is 0 Å². The molecule has 0 aliphatic rings. The number of ether oxygens (including phenoxy) is 11. The molecule has 6 rings (SSSR count). The lowest BCUT2D eigenvalue weighted by molar-refractivity contribution is 0.0722. The van der Waals surface area contributed by atoms with Gasteiger partial charge >= 0.3 is 24.1 Å². The molecule has 6 aromatic rings. The molecule has 0 saturated heterocycles. The predicted octanol–water partition coefficient (Wildman–Crippen LogP) is 9.79. The molecule has 0 heterocycles. The van der Waals surface area contributed by atoms with E-state index in [1.54, 1.807) is 24.3 Å². The Labute approximate surface area is 391 Å². The number of nitrogens with one attached hydrogen (secondary N) is 1. The van der Waals surface area contributed by atoms with Gasteiger partial charge < -0.3 is 57.4 Å². The van der Waals surface area contributed by atoms with Crippen molar-refractivity contribution in [1.29, 1.82) is 0 Å². The lowest BCUT2D eigenvalue weighted by Crippen LogP contribution is -2.14. The van der Waals surface area contributed by atoms with E-state index in [2.05, 4.69) is 5.32 Å². The fraction of sp³-hybridized carbons (Fsp3) is 0.196. The Hall–Kier alpha value is -8.73. The fourth-order valence-electron chi connectivity index (χ4n) is 6.13. The average molecular weight is 930 g/mol. The molecular weight excluding hydrogens is 883 g/mol. The Morgan fingerprint density at radius 1 is 0.397 bits per heavy atom. The largest absolute Gasteiger partial charge is 0.519 e. The van der Waals surface area contributed by atoms with E-state index in [1.807, 2.05) is 13.8 Å². The molecule has 1 N–H and O–H groups in total. The van der Waals surface area contributed by atoms with Crippen LogP contribution in [0.5, 0.6) is 63.2 Å². The van der Waals surface area contributed by atoms with Crippen LogP contribution in [-0.4, -0.2) is 71.6 Å². The number of carbonyl (C=O) groups excluding carboxylic acids is 5. The lowest BCUT2D eigenvalue weighted by Gasteiger charge is -2.15. The van der Waals surface area contributed by atoms with Crippen LogP contribution in [0.3, 0.4) is 0 Å². The quantitative estimate of drug-likeness (QED) is 0.0431. The minimum Gasteiger partial charge on any atom is -0.496 e. The highest BCUT2D eigenvalue weighted by Crippen LogP contribution is 2.37. The van der Waals surface area contributed by atoms with Crippen molar-refractivity contribution < 1.29 is 76.1 Å². The SMILES string of the molecule is CCCOc1cc(OC)c(C(=O)Nc2ccc(C(=O)Oc3ccc(OC(=O)Oc4ccc(OC(=O)c5ccc(OC(=O)c6cc(OC)c(OCCC)cc6OC)cc5)cc4)cc3)cc2)cc1OC.